The number of imidazole rings is 1. The Morgan fingerprint density at radius 2 is 2.16 bits per heavy atom. The van der Waals surface area contributed by atoms with Gasteiger partial charge in [0, 0.05) is 5.69 Å². The zero-order valence-corrected chi connectivity index (χ0v) is 11.4. The highest BCUT2D eigenvalue weighted by Crippen LogP contribution is 2.16. The minimum Gasteiger partial charge on any atom is -0.321 e. The molecule has 3 aromatic rings. The summed E-state index contributed by atoms with van der Waals surface area (Å²) in [5, 5.41) is 6.89. The van der Waals surface area contributed by atoms with Crippen LogP contribution in [0.2, 0.25) is 0 Å². The van der Waals surface area contributed by atoms with Crippen LogP contribution in [0.1, 0.15) is 21.6 Å². The van der Waals surface area contributed by atoms with Crippen molar-refractivity contribution in [2.45, 2.75) is 13.8 Å². The molecule has 0 fully saturated rings. The van der Waals surface area contributed by atoms with E-state index in [1.807, 2.05) is 32.0 Å². The summed E-state index contributed by atoms with van der Waals surface area (Å²) in [5.74, 6) is -0.221. The molecular weight excluding hydrogens is 260 g/mol. The van der Waals surface area contributed by atoms with Crippen LogP contribution in [0.25, 0.3) is 4.96 Å². The number of amides is 1. The SMILES string of the molecule is Cc1ccc(NC(=O)c2cn3ncsc3n2)cc1C. The van der Waals surface area contributed by atoms with Crippen molar-refractivity contribution in [2.75, 3.05) is 5.32 Å². The van der Waals surface area contributed by atoms with Gasteiger partial charge in [0.05, 0.1) is 6.20 Å². The van der Waals surface area contributed by atoms with Gasteiger partial charge in [0.2, 0.25) is 4.96 Å². The molecule has 1 N–H and O–H groups in total. The highest BCUT2D eigenvalue weighted by atomic mass is 32.1. The number of hydrogen-bond donors (Lipinski definition) is 1. The van der Waals surface area contributed by atoms with Crippen LogP contribution < -0.4 is 5.32 Å². The first kappa shape index (κ1) is 11.9. The summed E-state index contributed by atoms with van der Waals surface area (Å²) in [6, 6.07) is 5.82. The molecule has 2 heterocycles. The van der Waals surface area contributed by atoms with Crippen LogP contribution in [-0.2, 0) is 0 Å². The van der Waals surface area contributed by atoms with Gasteiger partial charge in [0.15, 0.2) is 0 Å². The number of carbonyl (C=O) groups excluding carboxylic acids is 1. The van der Waals surface area contributed by atoms with Crippen LogP contribution in [-0.4, -0.2) is 20.5 Å². The van der Waals surface area contributed by atoms with Gasteiger partial charge in [-0.3, -0.25) is 4.79 Å². The lowest BCUT2D eigenvalue weighted by Crippen LogP contribution is -2.12. The Morgan fingerprint density at radius 1 is 1.32 bits per heavy atom. The summed E-state index contributed by atoms with van der Waals surface area (Å²) >= 11 is 1.40. The van der Waals surface area contributed by atoms with E-state index in [1.165, 1.54) is 16.9 Å². The van der Waals surface area contributed by atoms with Crippen LogP contribution in [0.15, 0.2) is 29.9 Å². The zero-order chi connectivity index (χ0) is 13.4. The van der Waals surface area contributed by atoms with Crippen molar-refractivity contribution in [1.29, 1.82) is 0 Å². The number of nitrogens with one attached hydrogen (secondary N) is 1. The average Bonchev–Trinajstić information content (AvgIpc) is 2.94. The molecule has 3 rings (SSSR count). The molecule has 0 aliphatic heterocycles. The van der Waals surface area contributed by atoms with Crippen molar-refractivity contribution in [2.24, 2.45) is 0 Å². The van der Waals surface area contributed by atoms with Gasteiger partial charge in [-0.25, -0.2) is 9.50 Å². The molecular formula is C13H12N4OS. The molecule has 96 valence electrons. The fourth-order valence-corrected chi connectivity index (χ4v) is 2.36. The van der Waals surface area contributed by atoms with Crippen LogP contribution in [0.3, 0.4) is 0 Å². The molecule has 0 atom stereocenters. The molecule has 1 aromatic carbocycles. The normalized spacial score (nSPS) is 10.8. The second-order valence-electron chi connectivity index (χ2n) is 4.35. The number of rotatable bonds is 2. The number of aryl methyl sites for hydroxylation is 2. The molecule has 0 saturated carbocycles. The number of anilines is 1. The number of nitrogens with zero attached hydrogens (tertiary/aromatic N) is 3. The smallest absolute Gasteiger partial charge is 0.275 e. The monoisotopic (exact) mass is 272 g/mol. The minimum absolute atomic E-state index is 0.221. The fourth-order valence-electron chi connectivity index (χ4n) is 1.76. The van der Waals surface area contributed by atoms with Crippen molar-refractivity contribution in [3.8, 4) is 0 Å². The number of benzene rings is 1. The Bertz CT molecular complexity index is 730. The number of carbonyl (C=O) groups is 1. The summed E-state index contributed by atoms with van der Waals surface area (Å²) < 4.78 is 1.60. The topological polar surface area (TPSA) is 59.3 Å². The lowest BCUT2D eigenvalue weighted by atomic mass is 10.1. The average molecular weight is 272 g/mol. The number of aromatic nitrogens is 3. The highest BCUT2D eigenvalue weighted by Gasteiger charge is 2.12. The van der Waals surface area contributed by atoms with Gasteiger partial charge in [-0.05, 0) is 37.1 Å². The first-order valence-electron chi connectivity index (χ1n) is 5.81. The minimum atomic E-state index is -0.221. The Labute approximate surface area is 113 Å². The van der Waals surface area contributed by atoms with E-state index in [-0.39, 0.29) is 5.91 Å². The predicted octanol–water partition coefficient (Wildman–Crippen LogP) is 2.66. The maximum atomic E-state index is 12.1. The molecule has 0 bridgehead atoms. The quantitative estimate of drug-likeness (QED) is 0.780. The fraction of sp³-hybridized carbons (Fsp3) is 0.154. The molecule has 0 saturated heterocycles. The van der Waals surface area contributed by atoms with E-state index < -0.39 is 0 Å². The molecule has 19 heavy (non-hydrogen) atoms. The second kappa shape index (κ2) is 4.47. The summed E-state index contributed by atoms with van der Waals surface area (Å²) in [6.07, 6.45) is 1.63. The van der Waals surface area contributed by atoms with Gasteiger partial charge in [0.25, 0.3) is 5.91 Å². The number of fused-ring (bicyclic) bond motifs is 1. The van der Waals surface area contributed by atoms with Crippen molar-refractivity contribution in [3.63, 3.8) is 0 Å². The van der Waals surface area contributed by atoms with Gasteiger partial charge in [0.1, 0.15) is 11.2 Å². The second-order valence-corrected chi connectivity index (χ2v) is 5.16. The highest BCUT2D eigenvalue weighted by molar-refractivity contribution is 7.14. The maximum absolute atomic E-state index is 12.1. The predicted molar refractivity (Wildman–Crippen MR) is 74.7 cm³/mol. The van der Waals surface area contributed by atoms with E-state index in [2.05, 4.69) is 15.4 Å². The Kier molecular flexibility index (Phi) is 2.79. The third kappa shape index (κ3) is 2.22. The van der Waals surface area contributed by atoms with E-state index in [1.54, 1.807) is 16.2 Å². The summed E-state index contributed by atoms with van der Waals surface area (Å²) in [5.41, 5.74) is 5.18. The van der Waals surface area contributed by atoms with E-state index in [0.717, 1.165) is 11.3 Å². The molecule has 0 unspecified atom stereocenters. The van der Waals surface area contributed by atoms with Crippen LogP contribution in [0.5, 0.6) is 0 Å². The van der Waals surface area contributed by atoms with Gasteiger partial charge < -0.3 is 5.32 Å². The van der Waals surface area contributed by atoms with E-state index in [4.69, 9.17) is 0 Å². The van der Waals surface area contributed by atoms with Crippen LogP contribution >= 0.6 is 11.3 Å². The standard InChI is InChI=1S/C13H12N4OS/c1-8-3-4-10(5-9(8)2)15-12(18)11-6-17-13(16-11)19-7-14-17/h3-7H,1-2H3,(H,15,18). The van der Waals surface area contributed by atoms with Crippen LogP contribution in [0, 0.1) is 13.8 Å². The van der Waals surface area contributed by atoms with Crippen molar-refractivity contribution < 1.29 is 4.79 Å². The summed E-state index contributed by atoms with van der Waals surface area (Å²) in [7, 11) is 0. The largest absolute Gasteiger partial charge is 0.321 e. The third-order valence-electron chi connectivity index (χ3n) is 2.98. The van der Waals surface area contributed by atoms with Crippen molar-refractivity contribution >= 4 is 27.9 Å². The molecule has 1 amide bonds. The van der Waals surface area contributed by atoms with Gasteiger partial charge >= 0.3 is 0 Å². The van der Waals surface area contributed by atoms with E-state index in [0.29, 0.717) is 10.7 Å². The van der Waals surface area contributed by atoms with Crippen molar-refractivity contribution in [3.05, 3.63) is 46.7 Å². The maximum Gasteiger partial charge on any atom is 0.275 e. The summed E-state index contributed by atoms with van der Waals surface area (Å²) in [6.45, 7) is 4.05. The molecule has 0 radical (unpaired) electrons. The molecule has 0 aliphatic carbocycles. The van der Waals surface area contributed by atoms with Gasteiger partial charge in [-0.1, -0.05) is 17.4 Å². The molecule has 6 heteroatoms. The van der Waals surface area contributed by atoms with Crippen molar-refractivity contribution in [1.82, 2.24) is 14.6 Å². The Balaban J connectivity index is 1.84. The molecule has 0 aliphatic rings. The summed E-state index contributed by atoms with van der Waals surface area (Å²) in [4.78, 5) is 17.0. The lowest BCUT2D eigenvalue weighted by Gasteiger charge is -2.06. The van der Waals surface area contributed by atoms with Gasteiger partial charge in [-0.15, -0.1) is 0 Å². The van der Waals surface area contributed by atoms with Crippen LogP contribution in [0.4, 0.5) is 5.69 Å². The van der Waals surface area contributed by atoms with E-state index in [9.17, 15) is 4.79 Å². The van der Waals surface area contributed by atoms with Gasteiger partial charge in [-0.2, -0.15) is 5.10 Å². The Hall–Kier alpha value is -2.21. The molecule has 2 aromatic heterocycles. The van der Waals surface area contributed by atoms with E-state index >= 15 is 0 Å². The first-order valence-corrected chi connectivity index (χ1v) is 6.69. The lowest BCUT2D eigenvalue weighted by molar-refractivity contribution is 0.102. The molecule has 5 nitrogen and oxygen atoms in total. The third-order valence-corrected chi connectivity index (χ3v) is 3.67. The Morgan fingerprint density at radius 3 is 2.89 bits per heavy atom. The molecule has 0 spiro atoms. The number of hydrogen-bond acceptors (Lipinski definition) is 4. The first-order chi connectivity index (χ1) is 9.13. The zero-order valence-electron chi connectivity index (χ0n) is 10.5.